The van der Waals surface area contributed by atoms with Gasteiger partial charge in [-0.25, -0.2) is 8.42 Å². The van der Waals surface area contributed by atoms with E-state index < -0.39 is 10.0 Å². The molecule has 0 spiro atoms. The summed E-state index contributed by atoms with van der Waals surface area (Å²) >= 11 is 3.59. The number of hydrogen-bond acceptors (Lipinski definition) is 3. The lowest BCUT2D eigenvalue weighted by atomic mass is 10.2. The summed E-state index contributed by atoms with van der Waals surface area (Å²) in [5.74, 6) is 0.251. The third kappa shape index (κ3) is 3.54. The highest BCUT2D eigenvalue weighted by molar-refractivity contribution is 9.10. The van der Waals surface area contributed by atoms with Crippen LogP contribution < -0.4 is 4.90 Å². The van der Waals surface area contributed by atoms with Crippen LogP contribution in [0.15, 0.2) is 22.7 Å². The molecule has 1 fully saturated rings. The summed E-state index contributed by atoms with van der Waals surface area (Å²) in [5.41, 5.74) is 2.35. The number of aryl methyl sites for hydroxylation is 1. The zero-order valence-electron chi connectivity index (χ0n) is 12.0. The van der Waals surface area contributed by atoms with Crippen LogP contribution in [0, 0.1) is 6.92 Å². The lowest BCUT2D eigenvalue weighted by Crippen LogP contribution is -2.49. The monoisotopic (exact) mass is 360 g/mol. The van der Waals surface area contributed by atoms with Gasteiger partial charge in [-0.15, -0.1) is 0 Å². The van der Waals surface area contributed by atoms with Gasteiger partial charge in [0.15, 0.2) is 0 Å². The van der Waals surface area contributed by atoms with Gasteiger partial charge in [0, 0.05) is 30.7 Å². The van der Waals surface area contributed by atoms with Gasteiger partial charge < -0.3 is 4.90 Å². The SMILES string of the molecule is CCCS(=O)(=O)N1CCN(c2ccc(C)cc2Br)CC1. The number of nitrogens with zero attached hydrogens (tertiary/aromatic N) is 2. The molecule has 0 amide bonds. The Morgan fingerprint density at radius 1 is 1.20 bits per heavy atom. The number of sulfonamides is 1. The fourth-order valence-electron chi connectivity index (χ4n) is 2.46. The first-order valence-electron chi connectivity index (χ1n) is 6.93. The Labute approximate surface area is 129 Å². The van der Waals surface area contributed by atoms with Gasteiger partial charge in [-0.1, -0.05) is 13.0 Å². The number of halogens is 1. The second-order valence-corrected chi connectivity index (χ2v) is 8.10. The third-order valence-electron chi connectivity index (χ3n) is 3.54. The van der Waals surface area contributed by atoms with E-state index in [-0.39, 0.29) is 5.75 Å². The molecule has 0 saturated carbocycles. The predicted octanol–water partition coefficient (Wildman–Crippen LogP) is 2.62. The van der Waals surface area contributed by atoms with Crippen molar-refractivity contribution in [1.29, 1.82) is 0 Å². The van der Waals surface area contributed by atoms with Crippen LogP contribution in [0.1, 0.15) is 18.9 Å². The molecule has 112 valence electrons. The van der Waals surface area contributed by atoms with Gasteiger partial charge in [-0.2, -0.15) is 4.31 Å². The standard InChI is InChI=1S/C14H21BrN2O2S/c1-3-10-20(18,19)17-8-6-16(7-9-17)14-5-4-12(2)11-13(14)15/h4-5,11H,3,6-10H2,1-2H3. The molecule has 2 rings (SSSR count). The first kappa shape index (κ1) is 15.8. The van der Waals surface area contributed by atoms with Crippen molar-refractivity contribution in [3.8, 4) is 0 Å². The zero-order chi connectivity index (χ0) is 14.8. The van der Waals surface area contributed by atoms with Gasteiger partial charge in [0.25, 0.3) is 0 Å². The van der Waals surface area contributed by atoms with E-state index in [1.165, 1.54) is 5.56 Å². The zero-order valence-corrected chi connectivity index (χ0v) is 14.4. The normalized spacial score (nSPS) is 17.4. The second-order valence-electron chi connectivity index (χ2n) is 5.16. The molecule has 20 heavy (non-hydrogen) atoms. The van der Waals surface area contributed by atoms with E-state index in [2.05, 4.69) is 46.0 Å². The Balaban J connectivity index is 2.04. The Hall–Kier alpha value is -0.590. The van der Waals surface area contributed by atoms with Crippen molar-refractivity contribution in [2.75, 3.05) is 36.8 Å². The van der Waals surface area contributed by atoms with E-state index in [1.54, 1.807) is 4.31 Å². The Morgan fingerprint density at radius 2 is 1.85 bits per heavy atom. The highest BCUT2D eigenvalue weighted by Crippen LogP contribution is 2.28. The molecule has 1 aromatic carbocycles. The molecule has 0 aliphatic carbocycles. The van der Waals surface area contributed by atoms with Crippen molar-refractivity contribution < 1.29 is 8.42 Å². The van der Waals surface area contributed by atoms with Crippen LogP contribution in [0.5, 0.6) is 0 Å². The van der Waals surface area contributed by atoms with Crippen molar-refractivity contribution in [2.45, 2.75) is 20.3 Å². The first-order valence-corrected chi connectivity index (χ1v) is 9.33. The number of anilines is 1. The minimum Gasteiger partial charge on any atom is -0.368 e. The molecule has 0 unspecified atom stereocenters. The molecule has 0 bridgehead atoms. The average molecular weight is 361 g/mol. The number of benzene rings is 1. The van der Waals surface area contributed by atoms with E-state index in [9.17, 15) is 8.42 Å². The van der Waals surface area contributed by atoms with Crippen LogP contribution in [0.3, 0.4) is 0 Å². The van der Waals surface area contributed by atoms with E-state index in [1.807, 2.05) is 6.92 Å². The van der Waals surface area contributed by atoms with Gasteiger partial charge in [0.1, 0.15) is 0 Å². The van der Waals surface area contributed by atoms with Crippen LogP contribution in [-0.2, 0) is 10.0 Å². The summed E-state index contributed by atoms with van der Waals surface area (Å²) in [7, 11) is -3.06. The molecular formula is C14H21BrN2O2S. The van der Waals surface area contributed by atoms with Crippen molar-refractivity contribution in [3.05, 3.63) is 28.2 Å². The molecule has 6 heteroatoms. The molecule has 1 saturated heterocycles. The summed E-state index contributed by atoms with van der Waals surface area (Å²) in [6, 6.07) is 6.27. The first-order chi connectivity index (χ1) is 9.44. The summed E-state index contributed by atoms with van der Waals surface area (Å²) in [5, 5.41) is 0. The van der Waals surface area contributed by atoms with Crippen molar-refractivity contribution >= 4 is 31.6 Å². The summed E-state index contributed by atoms with van der Waals surface area (Å²) in [4.78, 5) is 2.24. The molecule has 1 aliphatic heterocycles. The number of rotatable bonds is 4. The topological polar surface area (TPSA) is 40.6 Å². The fourth-order valence-corrected chi connectivity index (χ4v) is 4.70. The third-order valence-corrected chi connectivity index (χ3v) is 6.25. The minimum absolute atomic E-state index is 0.251. The van der Waals surface area contributed by atoms with Gasteiger partial charge in [-0.3, -0.25) is 0 Å². The van der Waals surface area contributed by atoms with E-state index >= 15 is 0 Å². The van der Waals surface area contributed by atoms with E-state index in [4.69, 9.17) is 0 Å². The van der Waals surface area contributed by atoms with E-state index in [0.717, 1.165) is 23.2 Å². The number of piperazine rings is 1. The molecule has 1 heterocycles. The van der Waals surface area contributed by atoms with Gasteiger partial charge >= 0.3 is 0 Å². The van der Waals surface area contributed by atoms with Crippen LogP contribution in [0.2, 0.25) is 0 Å². The van der Waals surface area contributed by atoms with E-state index in [0.29, 0.717) is 19.5 Å². The summed E-state index contributed by atoms with van der Waals surface area (Å²) in [6.45, 7) is 6.58. The molecule has 0 atom stereocenters. The summed E-state index contributed by atoms with van der Waals surface area (Å²) in [6.07, 6.45) is 0.673. The lowest BCUT2D eigenvalue weighted by molar-refractivity contribution is 0.384. The van der Waals surface area contributed by atoms with Crippen molar-refractivity contribution in [2.24, 2.45) is 0 Å². The highest BCUT2D eigenvalue weighted by Gasteiger charge is 2.26. The number of hydrogen-bond donors (Lipinski definition) is 0. The molecule has 0 N–H and O–H groups in total. The lowest BCUT2D eigenvalue weighted by Gasteiger charge is -2.35. The average Bonchev–Trinajstić information content (AvgIpc) is 2.39. The largest absolute Gasteiger partial charge is 0.368 e. The molecule has 1 aliphatic rings. The Morgan fingerprint density at radius 3 is 2.40 bits per heavy atom. The second kappa shape index (κ2) is 6.45. The maximum Gasteiger partial charge on any atom is 0.214 e. The van der Waals surface area contributed by atoms with Crippen LogP contribution >= 0.6 is 15.9 Å². The van der Waals surface area contributed by atoms with Gasteiger partial charge in [0.2, 0.25) is 10.0 Å². The highest BCUT2D eigenvalue weighted by atomic mass is 79.9. The fraction of sp³-hybridized carbons (Fsp3) is 0.571. The predicted molar refractivity (Wildman–Crippen MR) is 86.7 cm³/mol. The molecule has 1 aromatic rings. The quantitative estimate of drug-likeness (QED) is 0.828. The van der Waals surface area contributed by atoms with Gasteiger partial charge in [-0.05, 0) is 47.0 Å². The van der Waals surface area contributed by atoms with Crippen LogP contribution in [0.4, 0.5) is 5.69 Å². The molecule has 4 nitrogen and oxygen atoms in total. The van der Waals surface area contributed by atoms with Crippen LogP contribution in [0.25, 0.3) is 0 Å². The maximum atomic E-state index is 12.0. The van der Waals surface area contributed by atoms with Crippen LogP contribution in [-0.4, -0.2) is 44.7 Å². The molecule has 0 aromatic heterocycles. The van der Waals surface area contributed by atoms with Gasteiger partial charge in [0.05, 0.1) is 11.4 Å². The maximum absolute atomic E-state index is 12.0. The minimum atomic E-state index is -3.06. The van der Waals surface area contributed by atoms with Crippen molar-refractivity contribution in [3.63, 3.8) is 0 Å². The van der Waals surface area contributed by atoms with Crippen molar-refractivity contribution in [1.82, 2.24) is 4.31 Å². The molecular weight excluding hydrogens is 340 g/mol. The Bertz CT molecular complexity index is 567. The Kier molecular flexibility index (Phi) is 5.09. The summed E-state index contributed by atoms with van der Waals surface area (Å²) < 4.78 is 26.8. The smallest absolute Gasteiger partial charge is 0.214 e. The molecule has 0 radical (unpaired) electrons.